The van der Waals surface area contributed by atoms with Crippen molar-refractivity contribution in [2.24, 2.45) is 0 Å². The zero-order chi connectivity index (χ0) is 31.4. The van der Waals surface area contributed by atoms with Crippen LogP contribution in [0, 0.1) is 13.8 Å². The van der Waals surface area contributed by atoms with Crippen molar-refractivity contribution in [1.82, 2.24) is 0 Å². The van der Waals surface area contributed by atoms with Crippen molar-refractivity contribution in [3.63, 3.8) is 0 Å². The predicted molar refractivity (Wildman–Crippen MR) is 197 cm³/mol. The van der Waals surface area contributed by atoms with Crippen LogP contribution in [-0.2, 0) is 5.41 Å². The lowest BCUT2D eigenvalue weighted by molar-refractivity contribution is 0.660. The second-order valence-corrected chi connectivity index (χ2v) is 13.1. The van der Waals surface area contributed by atoms with Gasteiger partial charge in [0.15, 0.2) is 0 Å². The molecule has 0 aromatic heterocycles. The Morgan fingerprint density at radius 1 is 0.435 bits per heavy atom. The fourth-order valence-corrected chi connectivity index (χ4v) is 7.57. The third-order valence-corrected chi connectivity index (χ3v) is 9.94. The third-order valence-electron chi connectivity index (χ3n) is 9.94. The number of hydrogen-bond donors (Lipinski definition) is 0. The van der Waals surface area contributed by atoms with Crippen LogP contribution < -0.4 is 4.90 Å². The topological polar surface area (TPSA) is 3.24 Å². The molecular weight excluding hydrogens is 555 g/mol. The quantitative estimate of drug-likeness (QED) is 0.192. The van der Waals surface area contributed by atoms with Gasteiger partial charge in [0.25, 0.3) is 0 Å². The molecule has 46 heavy (non-hydrogen) atoms. The highest BCUT2D eigenvalue weighted by Gasteiger charge is 2.36. The van der Waals surface area contributed by atoms with Gasteiger partial charge in [0.2, 0.25) is 0 Å². The first kappa shape index (κ1) is 28.1. The van der Waals surface area contributed by atoms with Gasteiger partial charge >= 0.3 is 0 Å². The first-order valence-electron chi connectivity index (χ1n) is 16.2. The summed E-state index contributed by atoms with van der Waals surface area (Å²) in [6.07, 6.45) is 0. The second-order valence-electron chi connectivity index (χ2n) is 13.1. The summed E-state index contributed by atoms with van der Waals surface area (Å²) in [7, 11) is 0. The molecule has 0 amide bonds. The molecule has 0 radical (unpaired) electrons. The first-order chi connectivity index (χ1) is 22.4. The largest absolute Gasteiger partial charge is 0.310 e. The van der Waals surface area contributed by atoms with Crippen LogP contribution in [0.2, 0.25) is 0 Å². The fraction of sp³-hybridized carbons (Fsp3) is 0.111. The van der Waals surface area contributed by atoms with Crippen molar-refractivity contribution in [1.29, 1.82) is 0 Å². The molecule has 1 aliphatic rings. The molecule has 0 N–H and O–H groups in total. The molecule has 7 aromatic rings. The van der Waals surface area contributed by atoms with Gasteiger partial charge in [-0.3, -0.25) is 0 Å². The predicted octanol–water partition coefficient (Wildman–Crippen LogP) is 12.6. The highest BCUT2D eigenvalue weighted by Crippen LogP contribution is 2.52. The lowest BCUT2D eigenvalue weighted by Crippen LogP contribution is -2.16. The zero-order valence-electron chi connectivity index (χ0n) is 26.9. The summed E-state index contributed by atoms with van der Waals surface area (Å²) < 4.78 is 0. The highest BCUT2D eigenvalue weighted by atomic mass is 15.1. The first-order valence-corrected chi connectivity index (χ1v) is 16.2. The van der Waals surface area contributed by atoms with Gasteiger partial charge < -0.3 is 4.90 Å². The number of anilines is 3. The average molecular weight is 592 g/mol. The van der Waals surface area contributed by atoms with Gasteiger partial charge in [-0.1, -0.05) is 129 Å². The lowest BCUT2D eigenvalue weighted by atomic mass is 9.82. The van der Waals surface area contributed by atoms with Crippen LogP contribution in [0.3, 0.4) is 0 Å². The van der Waals surface area contributed by atoms with Crippen molar-refractivity contribution in [2.45, 2.75) is 33.1 Å². The van der Waals surface area contributed by atoms with Crippen LogP contribution in [0.25, 0.3) is 44.2 Å². The summed E-state index contributed by atoms with van der Waals surface area (Å²) in [6, 6.07) is 55.6. The Bertz CT molecular complexity index is 2240. The van der Waals surface area contributed by atoms with Crippen LogP contribution in [0.15, 0.2) is 152 Å². The molecular formula is C45H37N. The van der Waals surface area contributed by atoms with Gasteiger partial charge in [0, 0.05) is 22.5 Å². The standard InChI is InChI=1S/C45H37N/c1-30-13-8-10-18-37(30)44-38-19-11-9-15-32(38)23-27-39(44)33-21-24-35(25-22-33)46(34-16-6-5-7-17-34)36-26-28-40-42(29-36)45(3,4)41-20-12-14-31(2)43(40)41/h5-29H,1-4H3. The number of rotatable bonds is 5. The van der Waals surface area contributed by atoms with Gasteiger partial charge in [0.1, 0.15) is 0 Å². The summed E-state index contributed by atoms with van der Waals surface area (Å²) in [6.45, 7) is 9.16. The Kier molecular flexibility index (Phi) is 6.65. The monoisotopic (exact) mass is 591 g/mol. The number of hydrogen-bond acceptors (Lipinski definition) is 1. The molecule has 0 aliphatic heterocycles. The van der Waals surface area contributed by atoms with Gasteiger partial charge in [-0.15, -0.1) is 0 Å². The summed E-state index contributed by atoms with van der Waals surface area (Å²) in [5.41, 5.74) is 16.6. The summed E-state index contributed by atoms with van der Waals surface area (Å²) in [5, 5.41) is 2.54. The van der Waals surface area contributed by atoms with Gasteiger partial charge in [0.05, 0.1) is 0 Å². The molecule has 0 atom stereocenters. The van der Waals surface area contributed by atoms with Crippen LogP contribution in [-0.4, -0.2) is 0 Å². The van der Waals surface area contributed by atoms with Crippen molar-refractivity contribution in [2.75, 3.05) is 4.90 Å². The summed E-state index contributed by atoms with van der Waals surface area (Å²) >= 11 is 0. The van der Waals surface area contributed by atoms with E-state index >= 15 is 0 Å². The van der Waals surface area contributed by atoms with Gasteiger partial charge in [-0.2, -0.15) is 0 Å². The summed E-state index contributed by atoms with van der Waals surface area (Å²) in [5.74, 6) is 0. The molecule has 8 rings (SSSR count). The van der Waals surface area contributed by atoms with Gasteiger partial charge in [-0.25, -0.2) is 0 Å². The van der Waals surface area contributed by atoms with Crippen LogP contribution in [0.5, 0.6) is 0 Å². The van der Waals surface area contributed by atoms with Crippen molar-refractivity contribution >= 4 is 27.8 Å². The molecule has 0 bridgehead atoms. The average Bonchev–Trinajstić information content (AvgIpc) is 3.32. The van der Waals surface area contributed by atoms with Gasteiger partial charge in [-0.05, 0) is 117 Å². The number of nitrogens with zero attached hydrogens (tertiary/aromatic N) is 1. The second kappa shape index (κ2) is 10.9. The molecule has 7 aromatic carbocycles. The minimum Gasteiger partial charge on any atom is -0.310 e. The Labute approximate surface area is 272 Å². The normalized spacial score (nSPS) is 13.0. The van der Waals surface area contributed by atoms with E-state index in [1.54, 1.807) is 0 Å². The highest BCUT2D eigenvalue weighted by molar-refractivity contribution is 6.05. The van der Waals surface area contributed by atoms with E-state index in [9.17, 15) is 0 Å². The van der Waals surface area contributed by atoms with E-state index in [1.165, 1.54) is 72.1 Å². The van der Waals surface area contributed by atoms with E-state index in [-0.39, 0.29) is 5.41 Å². The van der Waals surface area contributed by atoms with Crippen LogP contribution in [0.1, 0.15) is 36.1 Å². The molecule has 0 saturated heterocycles. The number of aryl methyl sites for hydroxylation is 2. The molecule has 222 valence electrons. The maximum absolute atomic E-state index is 2.41. The Morgan fingerprint density at radius 3 is 1.89 bits per heavy atom. The smallest absolute Gasteiger partial charge is 0.0465 e. The number of para-hydroxylation sites is 1. The molecule has 0 saturated carbocycles. The lowest BCUT2D eigenvalue weighted by Gasteiger charge is -2.28. The SMILES string of the molecule is Cc1ccccc1-c1c(-c2ccc(N(c3ccccc3)c3ccc4c(c3)C(C)(C)c3cccc(C)c3-4)cc2)ccc2ccccc12. The Balaban J connectivity index is 1.26. The molecule has 0 unspecified atom stereocenters. The minimum absolute atomic E-state index is 0.0685. The van der Waals surface area contributed by atoms with Crippen LogP contribution >= 0.6 is 0 Å². The zero-order valence-corrected chi connectivity index (χ0v) is 26.9. The maximum Gasteiger partial charge on any atom is 0.0465 e. The molecule has 1 aliphatic carbocycles. The van der Waals surface area contributed by atoms with Crippen molar-refractivity contribution in [3.8, 4) is 33.4 Å². The van der Waals surface area contributed by atoms with Crippen molar-refractivity contribution < 1.29 is 0 Å². The molecule has 0 heterocycles. The molecule has 1 heteroatoms. The summed E-state index contributed by atoms with van der Waals surface area (Å²) in [4.78, 5) is 2.39. The third kappa shape index (κ3) is 4.46. The van der Waals surface area contributed by atoms with E-state index in [4.69, 9.17) is 0 Å². The fourth-order valence-electron chi connectivity index (χ4n) is 7.57. The van der Waals surface area contributed by atoms with E-state index in [1.807, 2.05) is 0 Å². The Hall–Kier alpha value is -5.40. The molecule has 0 spiro atoms. The van der Waals surface area contributed by atoms with E-state index < -0.39 is 0 Å². The Morgan fingerprint density at radius 2 is 1.09 bits per heavy atom. The van der Waals surface area contributed by atoms with Crippen molar-refractivity contribution in [3.05, 3.63) is 174 Å². The molecule has 1 nitrogen and oxygen atoms in total. The van der Waals surface area contributed by atoms with E-state index in [0.717, 1.165) is 11.4 Å². The van der Waals surface area contributed by atoms with E-state index in [2.05, 4.69) is 184 Å². The minimum atomic E-state index is -0.0685. The molecule has 0 fully saturated rings. The number of benzene rings is 7. The van der Waals surface area contributed by atoms with Crippen LogP contribution in [0.4, 0.5) is 17.1 Å². The maximum atomic E-state index is 2.41. The number of fused-ring (bicyclic) bond motifs is 4. The van der Waals surface area contributed by atoms with E-state index in [0.29, 0.717) is 0 Å².